The normalized spacial score (nSPS) is 9.92. The van der Waals surface area contributed by atoms with Crippen LogP contribution in [0.3, 0.4) is 0 Å². The van der Waals surface area contributed by atoms with Gasteiger partial charge in [-0.05, 0) is 31.0 Å². The number of ether oxygens (including phenoxy) is 1. The van der Waals surface area contributed by atoms with Crippen molar-refractivity contribution in [1.29, 1.82) is 0 Å². The zero-order chi connectivity index (χ0) is 8.97. The van der Waals surface area contributed by atoms with E-state index < -0.39 is 0 Å². The average molecular weight is 182 g/mol. The van der Waals surface area contributed by atoms with Gasteiger partial charge in [0.25, 0.3) is 0 Å². The Morgan fingerprint density at radius 1 is 1.33 bits per heavy atom. The number of hydrogen-bond acceptors (Lipinski definition) is 2. The third-order valence-corrected chi connectivity index (χ3v) is 1.88. The van der Waals surface area contributed by atoms with Crippen molar-refractivity contribution in [3.05, 3.63) is 29.3 Å². The molecule has 0 N–H and O–H groups in total. The van der Waals surface area contributed by atoms with Crippen molar-refractivity contribution >= 4 is 12.6 Å². The van der Waals surface area contributed by atoms with Crippen molar-refractivity contribution in [2.45, 2.75) is 13.8 Å². The second kappa shape index (κ2) is 4.41. The minimum Gasteiger partial charge on any atom is -0.492 e. The molecule has 0 unspecified atom stereocenters. The predicted molar refractivity (Wildman–Crippen MR) is 55.3 cm³/mol. The molecule has 1 aromatic rings. The van der Waals surface area contributed by atoms with Gasteiger partial charge in [0.1, 0.15) is 5.75 Å². The first kappa shape index (κ1) is 9.46. The Morgan fingerprint density at radius 3 is 2.75 bits per heavy atom. The van der Waals surface area contributed by atoms with Crippen LogP contribution < -0.4 is 4.74 Å². The van der Waals surface area contributed by atoms with E-state index >= 15 is 0 Å². The first-order chi connectivity index (χ1) is 5.74. The Hall–Kier alpha value is -0.630. The van der Waals surface area contributed by atoms with E-state index in [-0.39, 0.29) is 0 Å². The number of hydrogen-bond donors (Lipinski definition) is 1. The Balaban J connectivity index is 2.75. The monoisotopic (exact) mass is 182 g/mol. The third-order valence-electron chi connectivity index (χ3n) is 1.69. The first-order valence-corrected chi connectivity index (χ1v) is 4.68. The standard InChI is InChI=1S/C10H14OS/c1-8-3-4-9(2)10(7-8)11-5-6-12/h3-4,7,12H,5-6H2,1-2H3. The Bertz CT molecular complexity index is 258. The zero-order valence-electron chi connectivity index (χ0n) is 7.50. The molecule has 0 spiro atoms. The van der Waals surface area contributed by atoms with Gasteiger partial charge in [-0.15, -0.1) is 0 Å². The highest BCUT2D eigenvalue weighted by atomic mass is 32.1. The highest BCUT2D eigenvalue weighted by molar-refractivity contribution is 7.80. The Kier molecular flexibility index (Phi) is 3.48. The SMILES string of the molecule is Cc1ccc(C)c(OCCS)c1. The van der Waals surface area contributed by atoms with Crippen LogP contribution in [0.25, 0.3) is 0 Å². The van der Waals surface area contributed by atoms with Gasteiger partial charge in [0, 0.05) is 5.75 Å². The van der Waals surface area contributed by atoms with Crippen LogP contribution in [-0.4, -0.2) is 12.4 Å². The molecule has 0 aliphatic carbocycles. The predicted octanol–water partition coefficient (Wildman–Crippen LogP) is 2.61. The van der Waals surface area contributed by atoms with E-state index in [1.165, 1.54) is 11.1 Å². The molecule has 0 amide bonds. The van der Waals surface area contributed by atoms with Crippen LogP contribution in [0.2, 0.25) is 0 Å². The highest BCUT2D eigenvalue weighted by Gasteiger charge is 1.97. The molecule has 0 saturated carbocycles. The van der Waals surface area contributed by atoms with E-state index in [2.05, 4.69) is 37.8 Å². The summed E-state index contributed by atoms with van der Waals surface area (Å²) in [7, 11) is 0. The topological polar surface area (TPSA) is 9.23 Å². The van der Waals surface area contributed by atoms with Crippen LogP contribution >= 0.6 is 12.6 Å². The maximum atomic E-state index is 5.49. The molecule has 0 fully saturated rings. The van der Waals surface area contributed by atoms with Gasteiger partial charge in [-0.25, -0.2) is 0 Å². The molecule has 0 atom stereocenters. The van der Waals surface area contributed by atoms with Crippen LogP contribution in [0.5, 0.6) is 5.75 Å². The van der Waals surface area contributed by atoms with Gasteiger partial charge in [0.15, 0.2) is 0 Å². The van der Waals surface area contributed by atoms with Gasteiger partial charge in [-0.1, -0.05) is 12.1 Å². The van der Waals surface area contributed by atoms with Crippen LogP contribution in [0.4, 0.5) is 0 Å². The third kappa shape index (κ3) is 2.45. The molecule has 0 saturated heterocycles. The molecular weight excluding hydrogens is 168 g/mol. The minimum atomic E-state index is 0.674. The number of thiol groups is 1. The van der Waals surface area contributed by atoms with Gasteiger partial charge >= 0.3 is 0 Å². The maximum absolute atomic E-state index is 5.49. The van der Waals surface area contributed by atoms with Crippen molar-refractivity contribution < 1.29 is 4.74 Å². The number of aryl methyl sites for hydroxylation is 2. The highest BCUT2D eigenvalue weighted by Crippen LogP contribution is 2.18. The summed E-state index contributed by atoms with van der Waals surface area (Å²) in [6.07, 6.45) is 0. The van der Waals surface area contributed by atoms with E-state index in [0.717, 1.165) is 11.5 Å². The lowest BCUT2D eigenvalue weighted by molar-refractivity contribution is 0.341. The van der Waals surface area contributed by atoms with Crippen LogP contribution in [0, 0.1) is 13.8 Å². The van der Waals surface area contributed by atoms with E-state index in [0.29, 0.717) is 6.61 Å². The summed E-state index contributed by atoms with van der Waals surface area (Å²) in [5.74, 6) is 1.73. The Labute approximate surface area is 79.2 Å². The lowest BCUT2D eigenvalue weighted by Crippen LogP contribution is -1.99. The molecule has 0 radical (unpaired) electrons. The quantitative estimate of drug-likeness (QED) is 0.707. The summed E-state index contributed by atoms with van der Waals surface area (Å²) in [5, 5.41) is 0. The first-order valence-electron chi connectivity index (χ1n) is 4.05. The summed E-state index contributed by atoms with van der Waals surface area (Å²) in [4.78, 5) is 0. The molecule has 0 aliphatic rings. The smallest absolute Gasteiger partial charge is 0.122 e. The largest absolute Gasteiger partial charge is 0.492 e. The molecule has 2 heteroatoms. The average Bonchev–Trinajstić information content (AvgIpc) is 2.07. The fraction of sp³-hybridized carbons (Fsp3) is 0.400. The zero-order valence-corrected chi connectivity index (χ0v) is 8.40. The summed E-state index contributed by atoms with van der Waals surface area (Å²) >= 11 is 4.09. The molecular formula is C10H14OS. The van der Waals surface area contributed by atoms with Gasteiger partial charge in [0.2, 0.25) is 0 Å². The van der Waals surface area contributed by atoms with Gasteiger partial charge in [-0.2, -0.15) is 12.6 Å². The summed E-state index contributed by atoms with van der Waals surface area (Å²) < 4.78 is 5.49. The molecule has 12 heavy (non-hydrogen) atoms. The van der Waals surface area contributed by atoms with E-state index in [1.54, 1.807) is 0 Å². The van der Waals surface area contributed by atoms with Gasteiger partial charge in [0.05, 0.1) is 6.61 Å². The summed E-state index contributed by atoms with van der Waals surface area (Å²) in [6.45, 7) is 4.79. The summed E-state index contributed by atoms with van der Waals surface area (Å²) in [5.41, 5.74) is 2.41. The van der Waals surface area contributed by atoms with Crippen molar-refractivity contribution in [1.82, 2.24) is 0 Å². The fourth-order valence-corrected chi connectivity index (χ4v) is 1.11. The van der Waals surface area contributed by atoms with Gasteiger partial charge in [-0.3, -0.25) is 0 Å². The van der Waals surface area contributed by atoms with Crippen LogP contribution in [-0.2, 0) is 0 Å². The Morgan fingerprint density at radius 2 is 2.08 bits per heavy atom. The lowest BCUT2D eigenvalue weighted by Gasteiger charge is -2.07. The van der Waals surface area contributed by atoms with E-state index in [4.69, 9.17) is 4.74 Å². The summed E-state index contributed by atoms with van der Waals surface area (Å²) in [6, 6.07) is 6.21. The molecule has 1 nitrogen and oxygen atoms in total. The molecule has 0 aliphatic heterocycles. The van der Waals surface area contributed by atoms with Crippen molar-refractivity contribution in [2.24, 2.45) is 0 Å². The van der Waals surface area contributed by atoms with E-state index in [9.17, 15) is 0 Å². The second-order valence-corrected chi connectivity index (χ2v) is 3.29. The molecule has 1 rings (SSSR count). The molecule has 1 aromatic carbocycles. The fourth-order valence-electron chi connectivity index (χ4n) is 1.02. The minimum absolute atomic E-state index is 0.674. The van der Waals surface area contributed by atoms with Crippen LogP contribution in [0.15, 0.2) is 18.2 Å². The molecule has 0 aromatic heterocycles. The number of rotatable bonds is 3. The van der Waals surface area contributed by atoms with Gasteiger partial charge < -0.3 is 4.74 Å². The van der Waals surface area contributed by atoms with Crippen LogP contribution in [0.1, 0.15) is 11.1 Å². The molecule has 66 valence electrons. The van der Waals surface area contributed by atoms with Crippen molar-refractivity contribution in [2.75, 3.05) is 12.4 Å². The molecule has 0 heterocycles. The lowest BCUT2D eigenvalue weighted by atomic mass is 10.1. The van der Waals surface area contributed by atoms with E-state index in [1.807, 2.05) is 6.92 Å². The maximum Gasteiger partial charge on any atom is 0.122 e. The number of benzene rings is 1. The second-order valence-electron chi connectivity index (χ2n) is 2.84. The van der Waals surface area contributed by atoms with Crippen molar-refractivity contribution in [3.8, 4) is 5.75 Å². The van der Waals surface area contributed by atoms with Crippen molar-refractivity contribution in [3.63, 3.8) is 0 Å². The molecule has 0 bridgehead atoms.